The van der Waals surface area contributed by atoms with Gasteiger partial charge in [0.2, 0.25) is 11.8 Å². The Hall–Kier alpha value is -3.92. The Kier molecular flexibility index (Phi) is 6.72. The molecule has 10 heteroatoms. The van der Waals surface area contributed by atoms with E-state index in [1.54, 1.807) is 12.1 Å². The number of piperidine rings is 2. The van der Waals surface area contributed by atoms with E-state index in [2.05, 4.69) is 32.1 Å². The SMILES string of the molecule is Nc1ccc(N2CCC(CN3CCN(c4ccc5c(c4)C(=O)N(C4CCC(=O)NC4=O)C5=O)CC3)CC2)cc1. The summed E-state index contributed by atoms with van der Waals surface area (Å²) in [5.41, 5.74) is 9.42. The lowest BCUT2D eigenvalue weighted by molar-refractivity contribution is -0.136. The van der Waals surface area contributed by atoms with Gasteiger partial charge in [0.25, 0.3) is 11.8 Å². The van der Waals surface area contributed by atoms with Crippen LogP contribution in [0.1, 0.15) is 46.4 Å². The van der Waals surface area contributed by atoms with E-state index in [9.17, 15) is 19.2 Å². The lowest BCUT2D eigenvalue weighted by Gasteiger charge is -2.40. The number of benzene rings is 2. The molecule has 6 rings (SSSR count). The average molecular weight is 531 g/mol. The Bertz CT molecular complexity index is 1300. The molecule has 10 nitrogen and oxygen atoms in total. The first-order valence-corrected chi connectivity index (χ1v) is 13.8. The topological polar surface area (TPSA) is 119 Å². The molecule has 2 aromatic rings. The monoisotopic (exact) mass is 530 g/mol. The van der Waals surface area contributed by atoms with Crippen LogP contribution in [0.5, 0.6) is 0 Å². The molecule has 4 aliphatic heterocycles. The number of carbonyl (C=O) groups is 4. The molecule has 0 saturated carbocycles. The molecule has 4 aliphatic rings. The molecule has 0 radical (unpaired) electrons. The van der Waals surface area contributed by atoms with Crippen LogP contribution >= 0.6 is 0 Å². The summed E-state index contributed by atoms with van der Waals surface area (Å²) in [5.74, 6) is -1.21. The van der Waals surface area contributed by atoms with Gasteiger partial charge in [-0.2, -0.15) is 0 Å². The first-order valence-electron chi connectivity index (χ1n) is 13.8. The van der Waals surface area contributed by atoms with Gasteiger partial charge in [-0.15, -0.1) is 0 Å². The molecule has 4 heterocycles. The van der Waals surface area contributed by atoms with Crippen LogP contribution in [0.25, 0.3) is 0 Å². The third-order valence-corrected chi connectivity index (χ3v) is 8.55. The predicted molar refractivity (Wildman–Crippen MR) is 148 cm³/mol. The third kappa shape index (κ3) is 4.96. The largest absolute Gasteiger partial charge is 0.399 e. The highest BCUT2D eigenvalue weighted by Gasteiger charge is 2.44. The minimum absolute atomic E-state index is 0.112. The highest BCUT2D eigenvalue weighted by atomic mass is 16.2. The number of hydrogen-bond donors (Lipinski definition) is 2. The maximum atomic E-state index is 13.2. The van der Waals surface area contributed by atoms with Gasteiger partial charge >= 0.3 is 0 Å². The Balaban J connectivity index is 1.03. The van der Waals surface area contributed by atoms with Crippen LogP contribution in [0.3, 0.4) is 0 Å². The summed E-state index contributed by atoms with van der Waals surface area (Å²) in [5, 5.41) is 2.24. The summed E-state index contributed by atoms with van der Waals surface area (Å²) in [6, 6.07) is 12.5. The van der Waals surface area contributed by atoms with Crippen molar-refractivity contribution in [3.63, 3.8) is 0 Å². The van der Waals surface area contributed by atoms with Crippen molar-refractivity contribution in [2.24, 2.45) is 5.92 Å². The Morgan fingerprint density at radius 3 is 2.08 bits per heavy atom. The number of amides is 4. The number of fused-ring (bicyclic) bond motifs is 1. The summed E-state index contributed by atoms with van der Waals surface area (Å²) in [7, 11) is 0. The van der Waals surface area contributed by atoms with Crippen molar-refractivity contribution in [1.82, 2.24) is 15.1 Å². The average Bonchev–Trinajstić information content (AvgIpc) is 3.19. The molecule has 4 amide bonds. The van der Waals surface area contributed by atoms with Gasteiger partial charge in [0.15, 0.2) is 0 Å². The second-order valence-corrected chi connectivity index (χ2v) is 11.0. The van der Waals surface area contributed by atoms with Crippen LogP contribution in [0.15, 0.2) is 42.5 Å². The zero-order chi connectivity index (χ0) is 27.1. The molecule has 0 aromatic heterocycles. The predicted octanol–water partition coefficient (Wildman–Crippen LogP) is 1.71. The standard InChI is InChI=1S/C29H34N6O4/c30-20-1-3-21(4-2-20)33-11-9-19(10-12-33)18-32-13-15-34(16-14-32)22-5-6-23-24(17-22)29(39)35(28(23)38)25-7-8-26(36)31-27(25)37/h1-6,17,19,25H,7-16,18,30H2,(H,31,36,37). The zero-order valence-electron chi connectivity index (χ0n) is 22.0. The minimum Gasteiger partial charge on any atom is -0.399 e. The van der Waals surface area contributed by atoms with E-state index in [0.717, 1.165) is 62.1 Å². The van der Waals surface area contributed by atoms with Gasteiger partial charge in [0.1, 0.15) is 6.04 Å². The van der Waals surface area contributed by atoms with Gasteiger partial charge in [0, 0.05) is 69.3 Å². The number of rotatable bonds is 5. The molecule has 3 N–H and O–H groups in total. The quantitative estimate of drug-likeness (QED) is 0.443. The van der Waals surface area contributed by atoms with E-state index in [1.165, 1.54) is 18.5 Å². The number of nitrogens with one attached hydrogen (secondary N) is 1. The van der Waals surface area contributed by atoms with Crippen molar-refractivity contribution < 1.29 is 19.2 Å². The highest BCUT2D eigenvalue weighted by Crippen LogP contribution is 2.31. The molecular formula is C29H34N6O4. The molecule has 2 aromatic carbocycles. The third-order valence-electron chi connectivity index (χ3n) is 8.55. The molecule has 0 aliphatic carbocycles. The van der Waals surface area contributed by atoms with Crippen molar-refractivity contribution in [2.75, 3.05) is 61.3 Å². The molecule has 3 fully saturated rings. The minimum atomic E-state index is -0.944. The smallest absolute Gasteiger partial charge is 0.262 e. The number of piperazine rings is 1. The summed E-state index contributed by atoms with van der Waals surface area (Å²) >= 11 is 0. The lowest BCUT2D eigenvalue weighted by atomic mass is 9.95. The Labute approximate surface area is 227 Å². The van der Waals surface area contributed by atoms with Gasteiger partial charge in [-0.1, -0.05) is 0 Å². The number of nitrogens with zero attached hydrogens (tertiary/aromatic N) is 4. The number of nitrogens with two attached hydrogens (primary N) is 1. The molecule has 0 bridgehead atoms. The fraction of sp³-hybridized carbons (Fsp3) is 0.448. The van der Waals surface area contributed by atoms with Crippen LogP contribution in [0.2, 0.25) is 0 Å². The highest BCUT2D eigenvalue weighted by molar-refractivity contribution is 6.23. The van der Waals surface area contributed by atoms with E-state index in [1.807, 2.05) is 18.2 Å². The zero-order valence-corrected chi connectivity index (χ0v) is 22.0. The fourth-order valence-electron chi connectivity index (χ4n) is 6.27. The van der Waals surface area contributed by atoms with Crippen LogP contribution in [-0.2, 0) is 9.59 Å². The molecule has 0 spiro atoms. The molecule has 204 valence electrons. The number of hydrogen-bond acceptors (Lipinski definition) is 8. The van der Waals surface area contributed by atoms with Crippen molar-refractivity contribution in [2.45, 2.75) is 31.7 Å². The van der Waals surface area contributed by atoms with E-state index < -0.39 is 23.8 Å². The van der Waals surface area contributed by atoms with Crippen LogP contribution in [-0.4, -0.2) is 85.3 Å². The first kappa shape index (κ1) is 25.4. The molecular weight excluding hydrogens is 496 g/mol. The van der Waals surface area contributed by atoms with Crippen molar-refractivity contribution in [3.05, 3.63) is 53.6 Å². The van der Waals surface area contributed by atoms with E-state index >= 15 is 0 Å². The van der Waals surface area contributed by atoms with E-state index in [0.29, 0.717) is 17.0 Å². The second-order valence-electron chi connectivity index (χ2n) is 11.0. The first-order chi connectivity index (χ1) is 18.9. The van der Waals surface area contributed by atoms with Gasteiger partial charge in [-0.05, 0) is 67.6 Å². The number of carbonyl (C=O) groups excluding carboxylic acids is 4. The van der Waals surface area contributed by atoms with E-state index in [4.69, 9.17) is 5.73 Å². The van der Waals surface area contributed by atoms with Gasteiger partial charge < -0.3 is 15.5 Å². The molecule has 1 unspecified atom stereocenters. The summed E-state index contributed by atoms with van der Waals surface area (Å²) in [6.07, 6.45) is 2.62. The Morgan fingerprint density at radius 1 is 0.744 bits per heavy atom. The molecule has 3 saturated heterocycles. The summed E-state index contributed by atoms with van der Waals surface area (Å²) in [6.45, 7) is 6.82. The summed E-state index contributed by atoms with van der Waals surface area (Å²) < 4.78 is 0. The van der Waals surface area contributed by atoms with Crippen LogP contribution in [0, 0.1) is 5.92 Å². The number of anilines is 3. The fourth-order valence-corrected chi connectivity index (χ4v) is 6.27. The van der Waals surface area contributed by atoms with Crippen molar-refractivity contribution in [3.8, 4) is 0 Å². The van der Waals surface area contributed by atoms with E-state index in [-0.39, 0.29) is 18.7 Å². The van der Waals surface area contributed by atoms with Gasteiger partial charge in [-0.3, -0.25) is 34.3 Å². The number of imide groups is 2. The Morgan fingerprint density at radius 2 is 1.38 bits per heavy atom. The van der Waals surface area contributed by atoms with Gasteiger partial charge in [-0.25, -0.2) is 0 Å². The van der Waals surface area contributed by atoms with Crippen molar-refractivity contribution >= 4 is 40.7 Å². The normalized spacial score (nSPS) is 22.9. The lowest BCUT2D eigenvalue weighted by Crippen LogP contribution is -2.54. The van der Waals surface area contributed by atoms with Crippen LogP contribution in [0.4, 0.5) is 17.1 Å². The van der Waals surface area contributed by atoms with Crippen molar-refractivity contribution in [1.29, 1.82) is 0 Å². The maximum Gasteiger partial charge on any atom is 0.262 e. The molecule has 39 heavy (non-hydrogen) atoms. The summed E-state index contributed by atoms with van der Waals surface area (Å²) in [4.78, 5) is 58.2. The number of nitrogen functional groups attached to an aromatic ring is 1. The molecule has 1 atom stereocenters. The maximum absolute atomic E-state index is 13.2. The van der Waals surface area contributed by atoms with Crippen LogP contribution < -0.4 is 20.9 Å². The second kappa shape index (κ2) is 10.3. The van der Waals surface area contributed by atoms with Gasteiger partial charge in [0.05, 0.1) is 11.1 Å².